The number of hydrogen-bond donors (Lipinski definition) is 0. The van der Waals surface area contributed by atoms with Crippen LogP contribution in [-0.4, -0.2) is 11.8 Å². The van der Waals surface area contributed by atoms with E-state index in [1.165, 1.54) is 19.3 Å². The Morgan fingerprint density at radius 1 is 0.929 bits per heavy atom. The van der Waals surface area contributed by atoms with Crippen LogP contribution in [-0.2, 0) is 12.8 Å². The Bertz CT molecular complexity index is 223. The highest BCUT2D eigenvalue weighted by molar-refractivity contribution is 6.25. The van der Waals surface area contributed by atoms with Gasteiger partial charge in [-0.3, -0.25) is 0 Å². The molecule has 0 unspecified atom stereocenters. The summed E-state index contributed by atoms with van der Waals surface area (Å²) in [4.78, 5) is 0. The number of rotatable bonds is 1. The Morgan fingerprint density at radius 3 is 1.71 bits per heavy atom. The fourth-order valence-corrected chi connectivity index (χ4v) is 1.51. The van der Waals surface area contributed by atoms with E-state index in [2.05, 4.69) is 24.3 Å². The molecule has 0 N–H and O–H groups in total. The van der Waals surface area contributed by atoms with Gasteiger partial charge in [-0.05, 0) is 30.4 Å². The topological polar surface area (TPSA) is 0 Å². The molecule has 0 fully saturated rings. The molecule has 0 heterocycles. The van der Waals surface area contributed by atoms with E-state index in [4.69, 9.17) is 23.2 Å². The van der Waals surface area contributed by atoms with Gasteiger partial charge in [-0.2, -0.15) is 0 Å². The lowest BCUT2D eigenvalue weighted by atomic mass is 10.1. The molecule has 0 aromatic heterocycles. The third kappa shape index (κ3) is 4.54. The number of alkyl halides is 2. The molecule has 0 nitrogen and oxygen atoms in total. The Hall–Kier alpha value is 0.0900. The lowest BCUT2D eigenvalue weighted by Crippen LogP contribution is -1.77. The molecule has 1 aromatic carbocycles. The maximum atomic E-state index is 5.05. The van der Waals surface area contributed by atoms with E-state index in [-0.39, 0.29) is 12.4 Å². The quantitative estimate of drug-likeness (QED) is 0.662. The molecule has 0 saturated carbocycles. The van der Waals surface area contributed by atoms with Crippen molar-refractivity contribution in [2.45, 2.75) is 19.3 Å². The molecule has 0 bridgehead atoms. The minimum absolute atomic E-state index is 0. The van der Waals surface area contributed by atoms with E-state index in [0.717, 1.165) is 0 Å². The Labute approximate surface area is 102 Å². The van der Waals surface area contributed by atoms with E-state index < -0.39 is 0 Å². The first kappa shape index (κ1) is 14.1. The SMILES string of the molecule is Cl.ClCCCl.c1ccc2c(c1)CCC2. The molecule has 1 aliphatic carbocycles. The van der Waals surface area contributed by atoms with Gasteiger partial charge in [0.25, 0.3) is 0 Å². The average molecular weight is 254 g/mol. The van der Waals surface area contributed by atoms with Gasteiger partial charge < -0.3 is 0 Å². The molecule has 0 amide bonds. The molecular weight excluding hydrogens is 238 g/mol. The first-order chi connectivity index (χ1) is 6.38. The second-order valence-electron chi connectivity index (χ2n) is 3.00. The van der Waals surface area contributed by atoms with Crippen molar-refractivity contribution in [2.24, 2.45) is 0 Å². The Kier molecular flexibility index (Phi) is 8.46. The minimum atomic E-state index is 0. The zero-order chi connectivity index (χ0) is 9.52. The van der Waals surface area contributed by atoms with Crippen LogP contribution in [0.25, 0.3) is 0 Å². The Balaban J connectivity index is 0.000000299. The molecule has 0 atom stereocenters. The molecule has 1 aromatic rings. The van der Waals surface area contributed by atoms with Crippen LogP contribution in [0.3, 0.4) is 0 Å². The van der Waals surface area contributed by atoms with Gasteiger partial charge in [-0.1, -0.05) is 24.3 Å². The maximum Gasteiger partial charge on any atom is 0.0359 e. The molecule has 80 valence electrons. The molecular formula is C11H15Cl3. The van der Waals surface area contributed by atoms with Gasteiger partial charge in [0.15, 0.2) is 0 Å². The van der Waals surface area contributed by atoms with Crippen LogP contribution in [0.1, 0.15) is 17.5 Å². The predicted octanol–water partition coefficient (Wildman–Crippen LogP) is 4.06. The van der Waals surface area contributed by atoms with Crippen molar-refractivity contribution >= 4 is 35.6 Å². The van der Waals surface area contributed by atoms with Gasteiger partial charge in [0.1, 0.15) is 0 Å². The molecule has 3 heteroatoms. The first-order valence-electron chi connectivity index (χ1n) is 4.57. The maximum absolute atomic E-state index is 5.05. The summed E-state index contributed by atoms with van der Waals surface area (Å²) < 4.78 is 0. The molecule has 0 saturated heterocycles. The van der Waals surface area contributed by atoms with E-state index in [0.29, 0.717) is 11.8 Å². The minimum Gasteiger partial charge on any atom is -0.147 e. The van der Waals surface area contributed by atoms with E-state index in [9.17, 15) is 0 Å². The summed E-state index contributed by atoms with van der Waals surface area (Å²) in [5.74, 6) is 1.11. The van der Waals surface area contributed by atoms with Crippen LogP contribution in [0, 0.1) is 0 Å². The van der Waals surface area contributed by atoms with Crippen LogP contribution in [0.5, 0.6) is 0 Å². The van der Waals surface area contributed by atoms with Crippen molar-refractivity contribution in [1.82, 2.24) is 0 Å². The molecule has 0 radical (unpaired) electrons. The lowest BCUT2D eigenvalue weighted by molar-refractivity contribution is 0.912. The second kappa shape index (κ2) is 8.40. The molecule has 0 spiro atoms. The second-order valence-corrected chi connectivity index (χ2v) is 3.76. The van der Waals surface area contributed by atoms with Crippen LogP contribution in [0.4, 0.5) is 0 Å². The smallest absolute Gasteiger partial charge is 0.0359 e. The summed E-state index contributed by atoms with van der Waals surface area (Å²) in [6.45, 7) is 0. The third-order valence-electron chi connectivity index (χ3n) is 2.08. The number of hydrogen-bond acceptors (Lipinski definition) is 0. The van der Waals surface area contributed by atoms with Crippen molar-refractivity contribution in [2.75, 3.05) is 11.8 Å². The highest BCUT2D eigenvalue weighted by atomic mass is 35.5. The van der Waals surface area contributed by atoms with Gasteiger partial charge in [0.05, 0.1) is 0 Å². The number of halogens is 3. The largest absolute Gasteiger partial charge is 0.147 e. The highest BCUT2D eigenvalue weighted by Crippen LogP contribution is 2.20. The summed E-state index contributed by atoms with van der Waals surface area (Å²) in [6, 6.07) is 8.74. The molecule has 2 rings (SSSR count). The van der Waals surface area contributed by atoms with Crippen LogP contribution >= 0.6 is 35.6 Å². The summed E-state index contributed by atoms with van der Waals surface area (Å²) in [5, 5.41) is 0. The Morgan fingerprint density at radius 2 is 1.36 bits per heavy atom. The third-order valence-corrected chi connectivity index (χ3v) is 2.65. The van der Waals surface area contributed by atoms with Gasteiger partial charge in [-0.25, -0.2) is 0 Å². The van der Waals surface area contributed by atoms with Crippen LogP contribution < -0.4 is 0 Å². The van der Waals surface area contributed by atoms with Gasteiger partial charge in [0.2, 0.25) is 0 Å². The van der Waals surface area contributed by atoms with Gasteiger partial charge in [0, 0.05) is 11.8 Å². The zero-order valence-corrected chi connectivity index (χ0v) is 10.3. The van der Waals surface area contributed by atoms with Crippen molar-refractivity contribution < 1.29 is 0 Å². The zero-order valence-electron chi connectivity index (χ0n) is 8.01. The molecule has 14 heavy (non-hydrogen) atoms. The molecule has 1 aliphatic rings. The van der Waals surface area contributed by atoms with E-state index in [1.807, 2.05) is 0 Å². The van der Waals surface area contributed by atoms with Crippen molar-refractivity contribution in [1.29, 1.82) is 0 Å². The van der Waals surface area contributed by atoms with Gasteiger partial charge >= 0.3 is 0 Å². The van der Waals surface area contributed by atoms with Crippen molar-refractivity contribution in [3.63, 3.8) is 0 Å². The van der Waals surface area contributed by atoms with Crippen LogP contribution in [0.2, 0.25) is 0 Å². The van der Waals surface area contributed by atoms with Crippen LogP contribution in [0.15, 0.2) is 24.3 Å². The predicted molar refractivity (Wildman–Crippen MR) is 67.2 cm³/mol. The standard InChI is InChI=1S/C9H10.C2H4Cl2.ClH/c1-2-5-9-7-3-6-8(9)4-1;3-1-2-4;/h1-2,4-5H,3,6-7H2;1-2H2;1H. The highest BCUT2D eigenvalue weighted by Gasteiger charge is 2.07. The normalized spacial score (nSPS) is 12.1. The fourth-order valence-electron chi connectivity index (χ4n) is 1.51. The molecule has 0 aliphatic heterocycles. The summed E-state index contributed by atoms with van der Waals surface area (Å²) in [6.07, 6.45) is 3.96. The summed E-state index contributed by atoms with van der Waals surface area (Å²) in [7, 11) is 0. The lowest BCUT2D eigenvalue weighted by Gasteiger charge is -1.93. The fraction of sp³-hybridized carbons (Fsp3) is 0.455. The van der Waals surface area contributed by atoms with E-state index >= 15 is 0 Å². The first-order valence-corrected chi connectivity index (χ1v) is 5.64. The average Bonchev–Trinajstić information content (AvgIpc) is 2.66. The number of benzene rings is 1. The van der Waals surface area contributed by atoms with E-state index in [1.54, 1.807) is 11.1 Å². The summed E-state index contributed by atoms with van der Waals surface area (Å²) >= 11 is 10.1. The number of fused-ring (bicyclic) bond motifs is 1. The van der Waals surface area contributed by atoms with Crippen molar-refractivity contribution in [3.05, 3.63) is 35.4 Å². The number of aryl methyl sites for hydroxylation is 2. The van der Waals surface area contributed by atoms with Crippen molar-refractivity contribution in [3.8, 4) is 0 Å². The monoisotopic (exact) mass is 252 g/mol. The summed E-state index contributed by atoms with van der Waals surface area (Å²) in [5.41, 5.74) is 3.13. The van der Waals surface area contributed by atoms with Gasteiger partial charge in [-0.15, -0.1) is 35.6 Å².